The van der Waals surface area contributed by atoms with Crippen molar-refractivity contribution in [3.63, 3.8) is 0 Å². The lowest BCUT2D eigenvalue weighted by atomic mass is 9.84. The van der Waals surface area contributed by atoms with Gasteiger partial charge in [-0.3, -0.25) is 9.80 Å². The largest absolute Gasteiger partial charge is 0.329 e. The molecule has 96 valence electrons. The second-order valence-corrected chi connectivity index (χ2v) is 6.43. The van der Waals surface area contributed by atoms with E-state index in [9.17, 15) is 0 Å². The summed E-state index contributed by atoms with van der Waals surface area (Å²) in [4.78, 5) is 5.04. The molecule has 2 N–H and O–H groups in total. The predicted octanol–water partition coefficient (Wildman–Crippen LogP) is 1.38. The van der Waals surface area contributed by atoms with E-state index in [1.54, 1.807) is 0 Å². The van der Waals surface area contributed by atoms with Gasteiger partial charge in [0.2, 0.25) is 0 Å². The SMILES string of the molecule is CC1CN(C(CN)C(C)(C)C)CC(C)N1C. The summed E-state index contributed by atoms with van der Waals surface area (Å²) >= 11 is 0. The minimum absolute atomic E-state index is 0.268. The van der Waals surface area contributed by atoms with E-state index in [2.05, 4.69) is 51.5 Å². The van der Waals surface area contributed by atoms with E-state index >= 15 is 0 Å². The van der Waals surface area contributed by atoms with Crippen LogP contribution in [0.1, 0.15) is 34.6 Å². The van der Waals surface area contributed by atoms with Gasteiger partial charge in [-0.05, 0) is 26.3 Å². The molecule has 3 atom stereocenters. The Morgan fingerprint density at radius 3 is 1.94 bits per heavy atom. The molecule has 1 rings (SSSR count). The van der Waals surface area contributed by atoms with Gasteiger partial charge in [-0.2, -0.15) is 0 Å². The Hall–Kier alpha value is -0.120. The van der Waals surface area contributed by atoms with Gasteiger partial charge in [-0.15, -0.1) is 0 Å². The van der Waals surface area contributed by atoms with E-state index in [-0.39, 0.29) is 5.41 Å². The van der Waals surface area contributed by atoms with Crippen LogP contribution in [0, 0.1) is 5.41 Å². The number of hydrogen-bond donors (Lipinski definition) is 1. The lowest BCUT2D eigenvalue weighted by Crippen LogP contribution is -2.61. The van der Waals surface area contributed by atoms with Crippen LogP contribution in [0.5, 0.6) is 0 Å². The number of rotatable bonds is 2. The molecule has 1 aliphatic heterocycles. The fraction of sp³-hybridized carbons (Fsp3) is 1.00. The topological polar surface area (TPSA) is 32.5 Å². The van der Waals surface area contributed by atoms with Gasteiger partial charge in [0, 0.05) is 37.8 Å². The second-order valence-electron chi connectivity index (χ2n) is 6.43. The van der Waals surface area contributed by atoms with Gasteiger partial charge in [0.1, 0.15) is 0 Å². The molecule has 0 aliphatic carbocycles. The molecule has 3 heteroatoms. The highest BCUT2D eigenvalue weighted by molar-refractivity contribution is 4.91. The van der Waals surface area contributed by atoms with Gasteiger partial charge in [-0.25, -0.2) is 0 Å². The van der Waals surface area contributed by atoms with Crippen LogP contribution in [0.15, 0.2) is 0 Å². The van der Waals surface area contributed by atoms with Gasteiger partial charge >= 0.3 is 0 Å². The Kier molecular flexibility index (Phi) is 4.38. The van der Waals surface area contributed by atoms with E-state index in [4.69, 9.17) is 5.73 Å². The zero-order valence-corrected chi connectivity index (χ0v) is 11.8. The highest BCUT2D eigenvalue weighted by atomic mass is 15.3. The third kappa shape index (κ3) is 2.96. The summed E-state index contributed by atoms with van der Waals surface area (Å²) in [6.45, 7) is 14.5. The Labute approximate surface area is 101 Å². The molecule has 3 nitrogen and oxygen atoms in total. The summed E-state index contributed by atoms with van der Waals surface area (Å²) in [6.07, 6.45) is 0. The summed E-state index contributed by atoms with van der Waals surface area (Å²) in [7, 11) is 2.22. The number of nitrogens with two attached hydrogens (primary N) is 1. The third-order valence-corrected chi connectivity index (χ3v) is 4.05. The lowest BCUT2D eigenvalue weighted by Gasteiger charge is -2.48. The van der Waals surface area contributed by atoms with Crippen molar-refractivity contribution >= 4 is 0 Å². The molecule has 1 heterocycles. The molecule has 0 amide bonds. The quantitative estimate of drug-likeness (QED) is 0.773. The van der Waals surface area contributed by atoms with Crippen molar-refractivity contribution in [1.82, 2.24) is 9.80 Å². The monoisotopic (exact) mass is 227 g/mol. The smallest absolute Gasteiger partial charge is 0.0268 e. The van der Waals surface area contributed by atoms with Crippen molar-refractivity contribution in [3.8, 4) is 0 Å². The summed E-state index contributed by atoms with van der Waals surface area (Å²) in [6, 6.07) is 1.74. The van der Waals surface area contributed by atoms with Crippen LogP contribution in [0.25, 0.3) is 0 Å². The molecular formula is C13H29N3. The van der Waals surface area contributed by atoms with E-state index in [1.807, 2.05) is 0 Å². The molecule has 3 unspecified atom stereocenters. The number of likely N-dealkylation sites (N-methyl/N-ethyl adjacent to an activating group) is 1. The summed E-state index contributed by atoms with van der Waals surface area (Å²) in [5.41, 5.74) is 6.23. The van der Waals surface area contributed by atoms with Crippen LogP contribution in [-0.2, 0) is 0 Å². The Morgan fingerprint density at radius 2 is 1.62 bits per heavy atom. The number of piperazine rings is 1. The summed E-state index contributed by atoms with van der Waals surface area (Å²) in [5, 5.41) is 0. The lowest BCUT2D eigenvalue weighted by molar-refractivity contribution is 0.00381. The van der Waals surface area contributed by atoms with Crippen molar-refractivity contribution in [3.05, 3.63) is 0 Å². The molecule has 1 saturated heterocycles. The first kappa shape index (κ1) is 13.9. The zero-order chi connectivity index (χ0) is 12.5. The van der Waals surface area contributed by atoms with Gasteiger partial charge < -0.3 is 5.73 Å². The minimum Gasteiger partial charge on any atom is -0.329 e. The Balaban J connectivity index is 2.73. The van der Waals surface area contributed by atoms with E-state index in [1.165, 1.54) is 0 Å². The highest BCUT2D eigenvalue weighted by Gasteiger charge is 2.35. The molecule has 0 saturated carbocycles. The highest BCUT2D eigenvalue weighted by Crippen LogP contribution is 2.26. The van der Waals surface area contributed by atoms with E-state index < -0.39 is 0 Å². The zero-order valence-electron chi connectivity index (χ0n) is 11.8. The van der Waals surface area contributed by atoms with Crippen LogP contribution in [-0.4, -0.2) is 54.6 Å². The molecule has 0 aromatic carbocycles. The molecule has 0 radical (unpaired) electrons. The summed E-state index contributed by atoms with van der Waals surface area (Å²) in [5.74, 6) is 0. The molecule has 0 aromatic rings. The van der Waals surface area contributed by atoms with Gasteiger partial charge in [0.05, 0.1) is 0 Å². The fourth-order valence-electron chi connectivity index (χ4n) is 2.75. The van der Waals surface area contributed by atoms with Crippen molar-refractivity contribution in [1.29, 1.82) is 0 Å². The third-order valence-electron chi connectivity index (χ3n) is 4.05. The van der Waals surface area contributed by atoms with Gasteiger partial charge in [-0.1, -0.05) is 20.8 Å². The number of hydrogen-bond acceptors (Lipinski definition) is 3. The normalized spacial score (nSPS) is 31.7. The predicted molar refractivity (Wildman–Crippen MR) is 70.6 cm³/mol. The van der Waals surface area contributed by atoms with Gasteiger partial charge in [0.25, 0.3) is 0 Å². The first-order chi connectivity index (χ1) is 7.27. The summed E-state index contributed by atoms with van der Waals surface area (Å²) < 4.78 is 0. The van der Waals surface area contributed by atoms with Crippen LogP contribution >= 0.6 is 0 Å². The number of nitrogens with zero attached hydrogens (tertiary/aromatic N) is 2. The van der Waals surface area contributed by atoms with Gasteiger partial charge in [0.15, 0.2) is 0 Å². The average molecular weight is 227 g/mol. The van der Waals surface area contributed by atoms with Crippen molar-refractivity contribution in [2.24, 2.45) is 11.1 Å². The van der Waals surface area contributed by atoms with Crippen LogP contribution in [0.3, 0.4) is 0 Å². The average Bonchev–Trinajstić information content (AvgIpc) is 2.12. The molecule has 0 aromatic heterocycles. The maximum Gasteiger partial charge on any atom is 0.0268 e. The van der Waals surface area contributed by atoms with Crippen molar-refractivity contribution in [2.45, 2.75) is 52.7 Å². The van der Waals surface area contributed by atoms with Crippen molar-refractivity contribution in [2.75, 3.05) is 26.7 Å². The van der Waals surface area contributed by atoms with E-state index in [0.717, 1.165) is 19.6 Å². The first-order valence-electron chi connectivity index (χ1n) is 6.43. The van der Waals surface area contributed by atoms with Crippen LogP contribution in [0.4, 0.5) is 0 Å². The minimum atomic E-state index is 0.268. The maximum atomic E-state index is 5.96. The van der Waals surface area contributed by atoms with E-state index in [0.29, 0.717) is 18.1 Å². The molecular weight excluding hydrogens is 198 g/mol. The Morgan fingerprint density at radius 1 is 1.19 bits per heavy atom. The van der Waals surface area contributed by atoms with Crippen LogP contribution < -0.4 is 5.73 Å². The standard InChI is InChI=1S/C13H29N3/c1-10-8-16(9-11(2)15(10)6)12(7-14)13(3,4)5/h10-12H,7-9,14H2,1-6H3. The molecule has 16 heavy (non-hydrogen) atoms. The second kappa shape index (κ2) is 5.03. The molecule has 1 fully saturated rings. The molecule has 0 spiro atoms. The molecule has 1 aliphatic rings. The van der Waals surface area contributed by atoms with Crippen molar-refractivity contribution < 1.29 is 0 Å². The fourth-order valence-corrected chi connectivity index (χ4v) is 2.75. The first-order valence-corrected chi connectivity index (χ1v) is 6.43. The Bertz CT molecular complexity index is 210. The van der Waals surface area contributed by atoms with Crippen LogP contribution in [0.2, 0.25) is 0 Å². The maximum absolute atomic E-state index is 5.96. The molecule has 0 bridgehead atoms.